The molecule has 0 saturated carbocycles. The molecule has 0 saturated heterocycles. The maximum Gasteiger partial charge on any atom is 0.203 e. The molecule has 0 atom stereocenters. The Labute approximate surface area is 160 Å². The number of carbonyl (C=O) groups excluding carboxylic acids is 1. The first-order valence-electron chi connectivity index (χ1n) is 8.75. The fourth-order valence-corrected chi connectivity index (χ4v) is 3.69. The number of hydrogen-bond donors (Lipinski definition) is 0. The van der Waals surface area contributed by atoms with Crippen LogP contribution in [0.1, 0.15) is 29.8 Å². The Kier molecular flexibility index (Phi) is 4.87. The predicted molar refractivity (Wildman–Crippen MR) is 106 cm³/mol. The highest BCUT2D eigenvalue weighted by atomic mass is 16.5. The van der Waals surface area contributed by atoms with Crippen molar-refractivity contribution in [1.29, 1.82) is 0 Å². The third-order valence-electron chi connectivity index (χ3n) is 5.16. The van der Waals surface area contributed by atoms with Crippen LogP contribution in [-0.4, -0.2) is 34.2 Å². The lowest BCUT2D eigenvalue weighted by atomic mass is 9.83. The number of para-hydroxylation sites is 1. The van der Waals surface area contributed by atoms with E-state index in [1.165, 1.54) is 26.9 Å². The monoisotopic (exact) mass is 367 g/mol. The van der Waals surface area contributed by atoms with E-state index in [-0.39, 0.29) is 11.2 Å². The Morgan fingerprint density at radius 2 is 1.59 bits per heavy atom. The Morgan fingerprint density at radius 1 is 1.00 bits per heavy atom. The number of anilines is 1. The lowest BCUT2D eigenvalue weighted by Gasteiger charge is -2.24. The summed E-state index contributed by atoms with van der Waals surface area (Å²) in [5, 5.41) is 0. The molecule has 0 fully saturated rings. The van der Waals surface area contributed by atoms with Gasteiger partial charge in [-0.2, -0.15) is 0 Å². The van der Waals surface area contributed by atoms with Gasteiger partial charge in [-0.05, 0) is 23.8 Å². The molecular weight excluding hydrogens is 342 g/mol. The highest BCUT2D eigenvalue weighted by Crippen LogP contribution is 2.47. The first kappa shape index (κ1) is 18.8. The van der Waals surface area contributed by atoms with E-state index in [0.29, 0.717) is 22.8 Å². The summed E-state index contributed by atoms with van der Waals surface area (Å²) in [6.07, 6.45) is 1.70. The van der Waals surface area contributed by atoms with Gasteiger partial charge in [0.15, 0.2) is 17.3 Å². The van der Waals surface area contributed by atoms with E-state index < -0.39 is 0 Å². The zero-order chi connectivity index (χ0) is 19.8. The Morgan fingerprint density at radius 3 is 2.11 bits per heavy atom. The van der Waals surface area contributed by atoms with Gasteiger partial charge in [-0.25, -0.2) is 0 Å². The number of ketones is 1. The summed E-state index contributed by atoms with van der Waals surface area (Å²) in [5.74, 6) is 1.27. The molecule has 2 aromatic rings. The molecule has 5 heteroatoms. The van der Waals surface area contributed by atoms with E-state index >= 15 is 0 Å². The van der Waals surface area contributed by atoms with Crippen LogP contribution in [0.25, 0.3) is 0 Å². The van der Waals surface area contributed by atoms with E-state index in [1.807, 2.05) is 19.2 Å². The van der Waals surface area contributed by atoms with Crippen LogP contribution >= 0.6 is 0 Å². The maximum atomic E-state index is 13.1. The SMILES string of the molecule is COc1cc(C(=O)C=C2N(C)c3ccccc3C2(C)C)cc(OC)c1OC. The van der Waals surface area contributed by atoms with Crippen molar-refractivity contribution in [1.82, 2.24) is 0 Å². The van der Waals surface area contributed by atoms with E-state index in [9.17, 15) is 4.79 Å². The summed E-state index contributed by atoms with van der Waals surface area (Å²) in [6.45, 7) is 4.26. The Balaban J connectivity index is 2.05. The summed E-state index contributed by atoms with van der Waals surface area (Å²) < 4.78 is 16.1. The molecule has 0 bridgehead atoms. The Hall–Kier alpha value is -2.95. The molecule has 0 N–H and O–H groups in total. The van der Waals surface area contributed by atoms with Crippen molar-refractivity contribution in [2.24, 2.45) is 0 Å². The number of carbonyl (C=O) groups is 1. The molecule has 27 heavy (non-hydrogen) atoms. The van der Waals surface area contributed by atoms with Crippen molar-refractivity contribution in [3.05, 3.63) is 59.3 Å². The molecule has 3 rings (SSSR count). The Bertz CT molecular complexity index is 889. The van der Waals surface area contributed by atoms with E-state index in [2.05, 4.69) is 30.9 Å². The minimum absolute atomic E-state index is 0.114. The first-order valence-corrected chi connectivity index (χ1v) is 8.75. The normalized spacial score (nSPS) is 16.2. The van der Waals surface area contributed by atoms with Gasteiger partial charge in [0.25, 0.3) is 0 Å². The van der Waals surface area contributed by atoms with Gasteiger partial charge in [-0.3, -0.25) is 4.79 Å². The molecule has 5 nitrogen and oxygen atoms in total. The molecule has 1 heterocycles. The van der Waals surface area contributed by atoms with E-state index in [4.69, 9.17) is 14.2 Å². The molecule has 0 aromatic heterocycles. The highest BCUT2D eigenvalue weighted by Gasteiger charge is 2.38. The van der Waals surface area contributed by atoms with Crippen molar-refractivity contribution in [3.8, 4) is 17.2 Å². The summed E-state index contributed by atoms with van der Waals surface area (Å²) in [5.41, 5.74) is 3.49. The number of ether oxygens (including phenoxy) is 3. The van der Waals surface area contributed by atoms with Crippen molar-refractivity contribution < 1.29 is 19.0 Å². The van der Waals surface area contributed by atoms with Crippen molar-refractivity contribution in [3.63, 3.8) is 0 Å². The lowest BCUT2D eigenvalue weighted by molar-refractivity contribution is 0.104. The number of fused-ring (bicyclic) bond motifs is 1. The topological polar surface area (TPSA) is 48.0 Å². The summed E-state index contributed by atoms with van der Waals surface area (Å²) in [4.78, 5) is 15.1. The summed E-state index contributed by atoms with van der Waals surface area (Å²) in [7, 11) is 6.60. The molecule has 0 radical (unpaired) electrons. The molecule has 0 spiro atoms. The average Bonchev–Trinajstić information content (AvgIpc) is 2.87. The predicted octanol–water partition coefficient (Wildman–Crippen LogP) is 4.21. The second kappa shape index (κ2) is 6.99. The standard InChI is InChI=1S/C22H25NO4/c1-22(2)15-9-7-8-10-16(15)23(3)20(22)13-17(24)14-11-18(25-4)21(27-6)19(12-14)26-5/h7-13H,1-6H3. The van der Waals surface area contributed by atoms with Crippen LogP contribution < -0.4 is 19.1 Å². The van der Waals surface area contributed by atoms with Crippen molar-refractivity contribution in [2.45, 2.75) is 19.3 Å². The smallest absolute Gasteiger partial charge is 0.203 e. The van der Waals surface area contributed by atoms with E-state index in [0.717, 1.165) is 11.4 Å². The summed E-state index contributed by atoms with van der Waals surface area (Å²) >= 11 is 0. The molecule has 0 amide bonds. The molecule has 1 aliphatic rings. The van der Waals surface area contributed by atoms with E-state index in [1.54, 1.807) is 18.2 Å². The van der Waals surface area contributed by atoms with Crippen LogP contribution in [0.2, 0.25) is 0 Å². The third kappa shape index (κ3) is 3.03. The van der Waals surface area contributed by atoms with Gasteiger partial charge in [0.1, 0.15) is 0 Å². The van der Waals surface area contributed by atoms with Gasteiger partial charge in [0.2, 0.25) is 5.75 Å². The van der Waals surface area contributed by atoms with Gasteiger partial charge in [0.05, 0.1) is 21.3 Å². The maximum absolute atomic E-state index is 13.1. The minimum atomic E-state index is -0.262. The first-order chi connectivity index (χ1) is 12.8. The fraction of sp³-hybridized carbons (Fsp3) is 0.318. The molecule has 1 aliphatic heterocycles. The van der Waals surface area contributed by atoms with Gasteiger partial charge in [-0.15, -0.1) is 0 Å². The second-order valence-electron chi connectivity index (χ2n) is 7.01. The summed E-state index contributed by atoms with van der Waals surface area (Å²) in [6, 6.07) is 11.6. The van der Waals surface area contributed by atoms with Crippen LogP contribution in [0.15, 0.2) is 48.2 Å². The van der Waals surface area contributed by atoms with Crippen LogP contribution in [-0.2, 0) is 5.41 Å². The largest absolute Gasteiger partial charge is 0.493 e. The second-order valence-corrected chi connectivity index (χ2v) is 7.01. The molecule has 0 unspecified atom stereocenters. The number of benzene rings is 2. The minimum Gasteiger partial charge on any atom is -0.493 e. The van der Waals surface area contributed by atoms with Crippen LogP contribution in [0.5, 0.6) is 17.2 Å². The number of rotatable bonds is 5. The molecule has 0 aliphatic carbocycles. The number of likely N-dealkylation sites (N-methyl/N-ethyl adjacent to an activating group) is 1. The zero-order valence-electron chi connectivity index (χ0n) is 16.6. The zero-order valence-corrected chi connectivity index (χ0v) is 16.6. The molecular formula is C22H25NO4. The van der Waals surface area contributed by atoms with Gasteiger partial charge in [0, 0.05) is 35.5 Å². The van der Waals surface area contributed by atoms with Gasteiger partial charge < -0.3 is 19.1 Å². The third-order valence-corrected chi connectivity index (χ3v) is 5.16. The number of methoxy groups -OCH3 is 3. The van der Waals surface area contributed by atoms with Gasteiger partial charge in [-0.1, -0.05) is 32.0 Å². The number of nitrogens with zero attached hydrogens (tertiary/aromatic N) is 1. The van der Waals surface area contributed by atoms with Gasteiger partial charge >= 0.3 is 0 Å². The average molecular weight is 367 g/mol. The van der Waals surface area contributed by atoms with Crippen LogP contribution in [0.3, 0.4) is 0 Å². The van der Waals surface area contributed by atoms with Crippen LogP contribution in [0, 0.1) is 0 Å². The highest BCUT2D eigenvalue weighted by molar-refractivity contribution is 6.06. The number of hydrogen-bond acceptors (Lipinski definition) is 5. The quantitative estimate of drug-likeness (QED) is 0.585. The van der Waals surface area contributed by atoms with Crippen molar-refractivity contribution >= 4 is 11.5 Å². The van der Waals surface area contributed by atoms with Crippen molar-refractivity contribution in [2.75, 3.05) is 33.3 Å². The number of allylic oxidation sites excluding steroid dienone is 2. The lowest BCUT2D eigenvalue weighted by Crippen LogP contribution is -2.24. The van der Waals surface area contributed by atoms with Crippen LogP contribution in [0.4, 0.5) is 5.69 Å². The fourth-order valence-electron chi connectivity index (χ4n) is 3.69. The molecule has 142 valence electrons. The molecule has 2 aromatic carbocycles.